The molecule has 3 heterocycles. The molecular formula is C26H23BrN4S. The molecule has 0 bridgehead atoms. The highest BCUT2D eigenvalue weighted by atomic mass is 79.9. The maximum atomic E-state index is 5.88. The summed E-state index contributed by atoms with van der Waals surface area (Å²) in [5, 5.41) is 4.26. The van der Waals surface area contributed by atoms with Crippen molar-refractivity contribution in [3.05, 3.63) is 112 Å². The van der Waals surface area contributed by atoms with Gasteiger partial charge in [-0.1, -0.05) is 34.1 Å². The minimum absolute atomic E-state index is 0.0616. The number of nitrogens with zero attached hydrogens (tertiary/aromatic N) is 3. The minimum atomic E-state index is -0.0777. The van der Waals surface area contributed by atoms with E-state index in [1.165, 1.54) is 11.1 Å². The van der Waals surface area contributed by atoms with Crippen LogP contribution in [0.2, 0.25) is 0 Å². The zero-order valence-corrected chi connectivity index (χ0v) is 20.3. The highest BCUT2D eigenvalue weighted by Crippen LogP contribution is 2.42. The van der Waals surface area contributed by atoms with Gasteiger partial charge in [-0.05, 0) is 91.8 Å². The largest absolute Gasteiger partial charge is 0.351 e. The van der Waals surface area contributed by atoms with Gasteiger partial charge in [0.15, 0.2) is 5.11 Å². The van der Waals surface area contributed by atoms with E-state index in [1.807, 2.05) is 24.4 Å². The maximum Gasteiger partial charge on any atom is 0.174 e. The molecule has 1 aliphatic rings. The first-order valence-corrected chi connectivity index (χ1v) is 11.7. The molecule has 0 amide bonds. The van der Waals surface area contributed by atoms with E-state index < -0.39 is 0 Å². The fraction of sp³-hybridized carbons (Fsp3) is 0.154. The molecule has 0 radical (unpaired) electrons. The number of hydrogen-bond acceptors (Lipinski definition) is 2. The molecule has 1 saturated heterocycles. The van der Waals surface area contributed by atoms with Crippen molar-refractivity contribution in [3.63, 3.8) is 0 Å². The molecule has 1 fully saturated rings. The highest BCUT2D eigenvalue weighted by Gasteiger charge is 2.42. The van der Waals surface area contributed by atoms with Crippen LogP contribution in [0.15, 0.2) is 89.7 Å². The summed E-state index contributed by atoms with van der Waals surface area (Å²) in [5.74, 6) is 0. The summed E-state index contributed by atoms with van der Waals surface area (Å²) >= 11 is 9.49. The van der Waals surface area contributed by atoms with Gasteiger partial charge in [-0.15, -0.1) is 0 Å². The highest BCUT2D eigenvalue weighted by molar-refractivity contribution is 9.10. The summed E-state index contributed by atoms with van der Waals surface area (Å²) in [6.07, 6.45) is 3.94. The molecule has 2 atom stereocenters. The summed E-state index contributed by atoms with van der Waals surface area (Å²) in [5.41, 5.74) is 6.79. The number of hydrogen-bond donors (Lipinski definition) is 1. The van der Waals surface area contributed by atoms with Gasteiger partial charge in [0, 0.05) is 33.9 Å². The van der Waals surface area contributed by atoms with E-state index >= 15 is 0 Å². The number of pyridine rings is 1. The first kappa shape index (κ1) is 20.9. The molecule has 160 valence electrons. The van der Waals surface area contributed by atoms with Gasteiger partial charge in [0.2, 0.25) is 0 Å². The van der Waals surface area contributed by atoms with E-state index in [0.717, 1.165) is 27.2 Å². The van der Waals surface area contributed by atoms with Gasteiger partial charge in [-0.3, -0.25) is 4.98 Å². The van der Waals surface area contributed by atoms with Gasteiger partial charge < -0.3 is 14.8 Å². The van der Waals surface area contributed by atoms with Crippen molar-refractivity contribution in [1.82, 2.24) is 14.9 Å². The molecule has 5 rings (SSSR count). The van der Waals surface area contributed by atoms with Crippen molar-refractivity contribution in [1.29, 1.82) is 0 Å². The summed E-state index contributed by atoms with van der Waals surface area (Å²) in [4.78, 5) is 6.89. The number of benzene rings is 2. The number of anilines is 1. The third kappa shape index (κ3) is 3.74. The van der Waals surface area contributed by atoms with Crippen LogP contribution >= 0.6 is 28.1 Å². The Labute approximate surface area is 202 Å². The van der Waals surface area contributed by atoms with Crippen LogP contribution < -0.4 is 10.2 Å². The van der Waals surface area contributed by atoms with Crippen molar-refractivity contribution in [3.8, 4) is 5.69 Å². The third-order valence-electron chi connectivity index (χ3n) is 6.04. The average Bonchev–Trinajstić information content (AvgIpc) is 3.40. The van der Waals surface area contributed by atoms with Gasteiger partial charge in [0.05, 0.1) is 11.7 Å². The van der Waals surface area contributed by atoms with Crippen LogP contribution in [0.4, 0.5) is 5.69 Å². The molecule has 0 spiro atoms. The van der Waals surface area contributed by atoms with Crippen molar-refractivity contribution < 1.29 is 0 Å². The second-order valence-corrected chi connectivity index (χ2v) is 9.35. The van der Waals surface area contributed by atoms with E-state index in [9.17, 15) is 0 Å². The Bertz CT molecular complexity index is 1280. The third-order valence-corrected chi connectivity index (χ3v) is 6.84. The van der Waals surface area contributed by atoms with Crippen LogP contribution in [-0.4, -0.2) is 14.7 Å². The smallest absolute Gasteiger partial charge is 0.174 e. The van der Waals surface area contributed by atoms with Crippen molar-refractivity contribution >= 4 is 38.9 Å². The van der Waals surface area contributed by atoms with E-state index in [-0.39, 0.29) is 12.1 Å². The first-order valence-electron chi connectivity index (χ1n) is 10.5. The number of nitrogens with one attached hydrogen (secondary N) is 1. The lowest BCUT2D eigenvalue weighted by atomic mass is 10.00. The van der Waals surface area contributed by atoms with Gasteiger partial charge in [-0.25, -0.2) is 0 Å². The predicted molar refractivity (Wildman–Crippen MR) is 137 cm³/mol. The quantitative estimate of drug-likeness (QED) is 0.326. The van der Waals surface area contributed by atoms with E-state index in [2.05, 4.69) is 110 Å². The molecule has 2 aromatic heterocycles. The average molecular weight is 503 g/mol. The lowest BCUT2D eigenvalue weighted by Gasteiger charge is -2.29. The summed E-state index contributed by atoms with van der Waals surface area (Å²) in [6.45, 7) is 4.27. The van der Waals surface area contributed by atoms with Crippen LogP contribution in [-0.2, 0) is 0 Å². The lowest BCUT2D eigenvalue weighted by molar-refractivity contribution is 0.549. The molecule has 4 aromatic rings. The van der Waals surface area contributed by atoms with Crippen molar-refractivity contribution in [2.24, 2.45) is 0 Å². The lowest BCUT2D eigenvalue weighted by Crippen LogP contribution is -2.30. The number of thiocarbonyl (C=S) groups is 1. The predicted octanol–water partition coefficient (Wildman–Crippen LogP) is 6.43. The fourth-order valence-electron chi connectivity index (χ4n) is 4.31. The Hall–Kier alpha value is -2.96. The molecule has 2 aromatic carbocycles. The zero-order valence-electron chi connectivity index (χ0n) is 17.9. The molecule has 6 heteroatoms. The van der Waals surface area contributed by atoms with Gasteiger partial charge >= 0.3 is 0 Å². The second kappa shape index (κ2) is 8.52. The Morgan fingerprint density at radius 2 is 1.78 bits per heavy atom. The van der Waals surface area contributed by atoms with Crippen LogP contribution in [0.3, 0.4) is 0 Å². The molecular weight excluding hydrogens is 480 g/mol. The van der Waals surface area contributed by atoms with Crippen LogP contribution in [0, 0.1) is 13.8 Å². The van der Waals surface area contributed by atoms with E-state index in [4.69, 9.17) is 12.2 Å². The van der Waals surface area contributed by atoms with Crippen LogP contribution in [0.5, 0.6) is 0 Å². The molecule has 2 unspecified atom stereocenters. The van der Waals surface area contributed by atoms with Crippen molar-refractivity contribution in [2.75, 3.05) is 4.90 Å². The number of aryl methyl sites for hydroxylation is 2. The van der Waals surface area contributed by atoms with Gasteiger partial charge in [-0.2, -0.15) is 0 Å². The summed E-state index contributed by atoms with van der Waals surface area (Å²) in [7, 11) is 0. The molecule has 0 saturated carbocycles. The summed E-state index contributed by atoms with van der Waals surface area (Å²) < 4.78 is 3.27. The van der Waals surface area contributed by atoms with Gasteiger partial charge in [0.25, 0.3) is 0 Å². The second-order valence-electron chi connectivity index (χ2n) is 8.05. The minimum Gasteiger partial charge on any atom is -0.351 e. The van der Waals surface area contributed by atoms with Crippen molar-refractivity contribution in [2.45, 2.75) is 25.9 Å². The molecule has 0 aliphatic carbocycles. The summed E-state index contributed by atoms with van der Waals surface area (Å²) in [6, 6.07) is 25.0. The van der Waals surface area contributed by atoms with E-state index in [1.54, 1.807) is 0 Å². The Morgan fingerprint density at radius 1 is 0.906 bits per heavy atom. The van der Waals surface area contributed by atoms with Gasteiger partial charge in [0.1, 0.15) is 6.04 Å². The fourth-order valence-corrected chi connectivity index (χ4v) is 5.04. The molecule has 1 aliphatic heterocycles. The molecule has 32 heavy (non-hydrogen) atoms. The standard InChI is InChI=1S/C26H23BrN4S/c1-17-11-12-21(15-18(17)2)31-25(24(29-26(31)32)22-9-3-4-13-28-22)23-10-6-14-30(23)20-8-5-7-19(27)16-20/h3-16,24-25H,1-2H3,(H,29,32). The number of rotatable bonds is 4. The topological polar surface area (TPSA) is 33.1 Å². The Morgan fingerprint density at radius 3 is 2.53 bits per heavy atom. The maximum absolute atomic E-state index is 5.88. The normalized spacial score (nSPS) is 18.1. The SMILES string of the molecule is Cc1ccc(N2C(=S)NC(c3ccccn3)C2c2cccn2-c2cccc(Br)c2)cc1C. The number of halogens is 1. The first-order chi connectivity index (χ1) is 15.5. The van der Waals surface area contributed by atoms with Crippen LogP contribution in [0.1, 0.15) is 34.6 Å². The Kier molecular flexibility index (Phi) is 5.57. The Balaban J connectivity index is 1.68. The van der Waals surface area contributed by atoms with E-state index in [0.29, 0.717) is 5.11 Å². The molecule has 1 N–H and O–H groups in total. The molecule has 4 nitrogen and oxygen atoms in total. The van der Waals surface area contributed by atoms with Crippen LogP contribution in [0.25, 0.3) is 5.69 Å². The monoisotopic (exact) mass is 502 g/mol. The zero-order chi connectivity index (χ0) is 22.2. The number of aromatic nitrogens is 2.